The molecule has 6 heteroatoms. The van der Waals surface area contributed by atoms with Crippen LogP contribution in [0.25, 0.3) is 0 Å². The third-order valence-corrected chi connectivity index (χ3v) is 2.56. The van der Waals surface area contributed by atoms with Crippen molar-refractivity contribution in [2.45, 2.75) is 19.4 Å². The van der Waals surface area contributed by atoms with E-state index in [4.69, 9.17) is 0 Å². The summed E-state index contributed by atoms with van der Waals surface area (Å²) in [7, 11) is 1.88. The molecule has 6 nitrogen and oxygen atoms in total. The normalized spacial score (nSPS) is 15.7. The molecule has 16 heavy (non-hydrogen) atoms. The zero-order valence-electron chi connectivity index (χ0n) is 9.88. The average molecular weight is 228 g/mol. The summed E-state index contributed by atoms with van der Waals surface area (Å²) in [5.74, 6) is -0.261. The molecule has 0 aromatic rings. The monoisotopic (exact) mass is 228 g/mol. The molecular weight excluding hydrogens is 208 g/mol. The number of carbonyl (C=O) groups is 2. The van der Waals surface area contributed by atoms with E-state index in [9.17, 15) is 9.59 Å². The lowest BCUT2D eigenvalue weighted by atomic mass is 10.1. The van der Waals surface area contributed by atoms with E-state index in [2.05, 4.69) is 16.0 Å². The van der Waals surface area contributed by atoms with Crippen LogP contribution in [-0.2, 0) is 4.79 Å². The van der Waals surface area contributed by atoms with Crippen LogP contribution >= 0.6 is 0 Å². The summed E-state index contributed by atoms with van der Waals surface area (Å²) in [6.45, 7) is 4.62. The van der Waals surface area contributed by atoms with Crippen molar-refractivity contribution in [3.05, 3.63) is 0 Å². The number of nitrogens with zero attached hydrogens (tertiary/aromatic N) is 1. The first kappa shape index (κ1) is 12.9. The minimum Gasteiger partial charge on any atom is -0.338 e. The Kier molecular flexibility index (Phi) is 5.21. The highest BCUT2D eigenvalue weighted by atomic mass is 16.2. The molecule has 0 aromatic carbocycles. The lowest BCUT2D eigenvalue weighted by molar-refractivity contribution is -0.121. The highest BCUT2D eigenvalue weighted by Crippen LogP contribution is 2.00. The van der Waals surface area contributed by atoms with Gasteiger partial charge in [-0.2, -0.15) is 0 Å². The van der Waals surface area contributed by atoms with Crippen molar-refractivity contribution in [2.75, 3.05) is 33.2 Å². The first-order valence-electron chi connectivity index (χ1n) is 5.62. The van der Waals surface area contributed by atoms with Crippen LogP contribution in [0.15, 0.2) is 0 Å². The Morgan fingerprint density at radius 2 is 2.12 bits per heavy atom. The molecule has 0 radical (unpaired) electrons. The number of hydrogen-bond donors (Lipinski definition) is 3. The standard InChI is InChI=1S/C10H20N4O2/c1-3-4-12-10(16)13-9(15)7-14(2)8-5-11-6-8/h8,11H,3-7H2,1-2H3,(H2,12,13,15,16). The van der Waals surface area contributed by atoms with E-state index in [0.29, 0.717) is 12.6 Å². The summed E-state index contributed by atoms with van der Waals surface area (Å²) in [4.78, 5) is 24.6. The Morgan fingerprint density at radius 3 is 2.62 bits per heavy atom. The smallest absolute Gasteiger partial charge is 0.321 e. The van der Waals surface area contributed by atoms with Crippen LogP contribution in [0.1, 0.15) is 13.3 Å². The van der Waals surface area contributed by atoms with Crippen LogP contribution in [-0.4, -0.2) is 56.1 Å². The molecule has 1 heterocycles. The van der Waals surface area contributed by atoms with Gasteiger partial charge in [-0.05, 0) is 13.5 Å². The topological polar surface area (TPSA) is 73.5 Å². The van der Waals surface area contributed by atoms with Gasteiger partial charge in [-0.15, -0.1) is 0 Å². The fourth-order valence-electron chi connectivity index (χ4n) is 1.39. The minimum atomic E-state index is -0.410. The molecule has 0 atom stereocenters. The fourth-order valence-corrected chi connectivity index (χ4v) is 1.39. The van der Waals surface area contributed by atoms with Crippen LogP contribution in [0.5, 0.6) is 0 Å². The molecule has 1 saturated heterocycles. The summed E-state index contributed by atoms with van der Waals surface area (Å²) in [5, 5.41) is 8.02. The first-order valence-corrected chi connectivity index (χ1v) is 5.62. The second-order valence-corrected chi connectivity index (χ2v) is 4.03. The SMILES string of the molecule is CCCNC(=O)NC(=O)CN(C)C1CNC1. The zero-order valence-corrected chi connectivity index (χ0v) is 9.88. The molecule has 1 fully saturated rings. The molecule has 0 aliphatic carbocycles. The summed E-state index contributed by atoms with van der Waals surface area (Å²) in [6, 6.07) is -0.00330. The molecule has 0 aromatic heterocycles. The summed E-state index contributed by atoms with van der Waals surface area (Å²) in [6.07, 6.45) is 0.856. The van der Waals surface area contributed by atoms with Gasteiger partial charge in [-0.25, -0.2) is 4.79 Å². The van der Waals surface area contributed by atoms with Crippen LogP contribution in [0.3, 0.4) is 0 Å². The van der Waals surface area contributed by atoms with Gasteiger partial charge in [0.15, 0.2) is 0 Å². The molecule has 3 amide bonds. The van der Waals surface area contributed by atoms with Crippen molar-refractivity contribution in [3.8, 4) is 0 Å². The summed E-state index contributed by atoms with van der Waals surface area (Å²) < 4.78 is 0. The molecule has 0 unspecified atom stereocenters. The molecule has 1 aliphatic heterocycles. The van der Waals surface area contributed by atoms with Crippen molar-refractivity contribution in [2.24, 2.45) is 0 Å². The van der Waals surface area contributed by atoms with Crippen molar-refractivity contribution in [1.29, 1.82) is 0 Å². The first-order chi connectivity index (χ1) is 7.63. The van der Waals surface area contributed by atoms with E-state index < -0.39 is 6.03 Å². The highest BCUT2D eigenvalue weighted by molar-refractivity contribution is 5.95. The maximum Gasteiger partial charge on any atom is 0.321 e. The summed E-state index contributed by atoms with van der Waals surface area (Å²) in [5.41, 5.74) is 0. The van der Waals surface area contributed by atoms with E-state index in [0.717, 1.165) is 19.5 Å². The third kappa shape index (κ3) is 4.16. The van der Waals surface area contributed by atoms with E-state index in [-0.39, 0.29) is 12.5 Å². The number of rotatable bonds is 5. The fraction of sp³-hybridized carbons (Fsp3) is 0.800. The number of hydrogen-bond acceptors (Lipinski definition) is 4. The number of nitrogens with one attached hydrogen (secondary N) is 3. The van der Waals surface area contributed by atoms with Gasteiger partial charge in [0.05, 0.1) is 6.54 Å². The van der Waals surface area contributed by atoms with Gasteiger partial charge in [0, 0.05) is 25.7 Å². The lowest BCUT2D eigenvalue weighted by Gasteiger charge is -2.35. The van der Waals surface area contributed by atoms with E-state index >= 15 is 0 Å². The number of carbonyl (C=O) groups excluding carboxylic acids is 2. The van der Waals surface area contributed by atoms with Gasteiger partial charge in [0.25, 0.3) is 0 Å². The predicted octanol–water partition coefficient (Wildman–Crippen LogP) is -0.874. The second-order valence-electron chi connectivity index (χ2n) is 4.03. The van der Waals surface area contributed by atoms with Gasteiger partial charge in [-0.1, -0.05) is 6.92 Å². The molecule has 0 bridgehead atoms. The molecule has 92 valence electrons. The van der Waals surface area contributed by atoms with Gasteiger partial charge in [0.1, 0.15) is 0 Å². The van der Waals surface area contributed by atoms with Crippen molar-refractivity contribution in [1.82, 2.24) is 20.9 Å². The maximum absolute atomic E-state index is 11.4. The largest absolute Gasteiger partial charge is 0.338 e. The van der Waals surface area contributed by atoms with Gasteiger partial charge < -0.3 is 10.6 Å². The van der Waals surface area contributed by atoms with Crippen LogP contribution in [0.2, 0.25) is 0 Å². The van der Waals surface area contributed by atoms with Crippen molar-refractivity contribution in [3.63, 3.8) is 0 Å². The molecule has 1 aliphatic rings. The van der Waals surface area contributed by atoms with Gasteiger partial charge in [-0.3, -0.25) is 15.0 Å². The Morgan fingerprint density at radius 1 is 1.44 bits per heavy atom. The third-order valence-electron chi connectivity index (χ3n) is 2.56. The van der Waals surface area contributed by atoms with E-state index in [1.54, 1.807) is 0 Å². The number of likely N-dealkylation sites (N-methyl/N-ethyl adjacent to an activating group) is 1. The molecule has 0 spiro atoms. The minimum absolute atomic E-state index is 0.256. The predicted molar refractivity (Wildman–Crippen MR) is 61.1 cm³/mol. The number of amides is 3. The zero-order chi connectivity index (χ0) is 12.0. The number of urea groups is 1. The van der Waals surface area contributed by atoms with E-state index in [1.165, 1.54) is 0 Å². The number of imide groups is 1. The van der Waals surface area contributed by atoms with Crippen LogP contribution in [0.4, 0.5) is 4.79 Å². The van der Waals surface area contributed by atoms with Crippen molar-refractivity contribution >= 4 is 11.9 Å². The quantitative estimate of drug-likeness (QED) is 0.571. The molecule has 3 N–H and O–H groups in total. The van der Waals surface area contributed by atoms with Gasteiger partial charge in [0.2, 0.25) is 5.91 Å². The molecular formula is C10H20N4O2. The van der Waals surface area contributed by atoms with E-state index in [1.807, 2.05) is 18.9 Å². The summed E-state index contributed by atoms with van der Waals surface area (Å²) >= 11 is 0. The second kappa shape index (κ2) is 6.44. The van der Waals surface area contributed by atoms with Crippen LogP contribution < -0.4 is 16.0 Å². The average Bonchev–Trinajstić information content (AvgIpc) is 2.11. The Hall–Kier alpha value is -1.14. The molecule has 0 saturated carbocycles. The van der Waals surface area contributed by atoms with Gasteiger partial charge >= 0.3 is 6.03 Å². The molecule has 1 rings (SSSR count). The highest BCUT2D eigenvalue weighted by Gasteiger charge is 2.23. The Labute approximate surface area is 95.8 Å². The van der Waals surface area contributed by atoms with Crippen LogP contribution in [0, 0.1) is 0 Å². The Bertz CT molecular complexity index is 253. The lowest BCUT2D eigenvalue weighted by Crippen LogP contribution is -2.58. The Balaban J connectivity index is 2.16. The van der Waals surface area contributed by atoms with Crippen molar-refractivity contribution < 1.29 is 9.59 Å². The maximum atomic E-state index is 11.4.